The number of aliphatic hydroxyl groups is 1. The van der Waals surface area contributed by atoms with Gasteiger partial charge in [-0.05, 0) is 30.3 Å². The molecule has 1 unspecified atom stereocenters. The summed E-state index contributed by atoms with van der Waals surface area (Å²) in [6, 6.07) is 11.3. The lowest BCUT2D eigenvalue weighted by Gasteiger charge is -2.21. The molecular weight excluding hydrogens is 325 g/mol. The third-order valence-corrected chi connectivity index (χ3v) is 4.24. The second kappa shape index (κ2) is 6.39. The normalized spacial score (nSPS) is 19.3. The fourth-order valence-electron chi connectivity index (χ4n) is 2.91. The summed E-state index contributed by atoms with van der Waals surface area (Å²) in [5, 5.41) is 10.6. The van der Waals surface area contributed by atoms with Crippen molar-refractivity contribution >= 4 is 17.4 Å². The molecule has 2 aromatic carbocycles. The van der Waals surface area contributed by atoms with E-state index in [9.17, 15) is 19.1 Å². The maximum Gasteiger partial charge on any atom is 0.295 e. The van der Waals surface area contributed by atoms with E-state index in [1.54, 1.807) is 30.3 Å². The second-order valence-corrected chi connectivity index (χ2v) is 5.66. The smallest absolute Gasteiger partial charge is 0.295 e. The summed E-state index contributed by atoms with van der Waals surface area (Å²) in [4.78, 5) is 25.7. The van der Waals surface area contributed by atoms with Crippen LogP contribution in [0.2, 0.25) is 0 Å². The summed E-state index contributed by atoms with van der Waals surface area (Å²) in [6.45, 7) is 0. The van der Waals surface area contributed by atoms with Crippen LogP contribution in [0.1, 0.15) is 17.2 Å². The van der Waals surface area contributed by atoms with E-state index in [0.717, 1.165) is 4.90 Å². The van der Waals surface area contributed by atoms with E-state index in [2.05, 4.69) is 0 Å². The van der Waals surface area contributed by atoms with Gasteiger partial charge in [0.2, 0.25) is 0 Å². The fraction of sp³-hybridized carbons (Fsp3) is 0.158. The number of rotatable bonds is 3. The number of methoxy groups -OCH3 is 1. The quantitative estimate of drug-likeness (QED) is 0.530. The zero-order valence-electron chi connectivity index (χ0n) is 13.7. The van der Waals surface area contributed by atoms with E-state index in [1.807, 2.05) is 0 Å². The molecule has 1 fully saturated rings. The van der Waals surface area contributed by atoms with Crippen molar-refractivity contribution in [3.05, 3.63) is 71.0 Å². The topological polar surface area (TPSA) is 66.8 Å². The van der Waals surface area contributed by atoms with E-state index < -0.39 is 23.5 Å². The van der Waals surface area contributed by atoms with Gasteiger partial charge in [-0.15, -0.1) is 0 Å². The van der Waals surface area contributed by atoms with Crippen LogP contribution in [0.25, 0.3) is 5.76 Å². The van der Waals surface area contributed by atoms with E-state index in [1.165, 1.54) is 32.4 Å². The number of halogens is 1. The molecule has 0 radical (unpaired) electrons. The molecular formula is C19H16FNO4. The molecule has 5 nitrogen and oxygen atoms in total. The van der Waals surface area contributed by atoms with Crippen LogP contribution in [0.4, 0.5) is 4.39 Å². The van der Waals surface area contributed by atoms with Gasteiger partial charge in [-0.3, -0.25) is 9.59 Å². The van der Waals surface area contributed by atoms with Crippen molar-refractivity contribution in [2.75, 3.05) is 14.2 Å². The number of likely N-dealkylation sites (tertiary alicyclic amines) is 1. The number of ether oxygens (including phenoxy) is 1. The van der Waals surface area contributed by atoms with E-state index in [0.29, 0.717) is 11.3 Å². The number of hydrogen-bond donors (Lipinski definition) is 1. The van der Waals surface area contributed by atoms with Crippen LogP contribution in [0.3, 0.4) is 0 Å². The monoisotopic (exact) mass is 341 g/mol. The van der Waals surface area contributed by atoms with E-state index in [-0.39, 0.29) is 16.9 Å². The first-order valence-corrected chi connectivity index (χ1v) is 7.59. The zero-order chi connectivity index (χ0) is 18.1. The largest absolute Gasteiger partial charge is 0.507 e. The maximum absolute atomic E-state index is 14.2. The Labute approximate surface area is 144 Å². The third kappa shape index (κ3) is 2.76. The lowest BCUT2D eigenvalue weighted by molar-refractivity contribution is -0.139. The molecule has 1 heterocycles. The van der Waals surface area contributed by atoms with Crippen molar-refractivity contribution in [3.8, 4) is 5.75 Å². The molecule has 0 aromatic heterocycles. The van der Waals surface area contributed by atoms with Gasteiger partial charge in [0.15, 0.2) is 0 Å². The lowest BCUT2D eigenvalue weighted by atomic mass is 9.95. The molecule has 1 saturated heterocycles. The van der Waals surface area contributed by atoms with Gasteiger partial charge < -0.3 is 14.7 Å². The van der Waals surface area contributed by atoms with Crippen LogP contribution in [0.15, 0.2) is 54.1 Å². The van der Waals surface area contributed by atoms with Gasteiger partial charge in [-0.25, -0.2) is 4.39 Å². The third-order valence-electron chi connectivity index (χ3n) is 4.24. The number of amides is 1. The van der Waals surface area contributed by atoms with Crippen molar-refractivity contribution in [1.29, 1.82) is 0 Å². The zero-order valence-corrected chi connectivity index (χ0v) is 13.7. The number of ketones is 1. The minimum Gasteiger partial charge on any atom is -0.507 e. The molecule has 2 aromatic rings. The number of likely N-dealkylation sites (N-methyl/N-ethyl adjacent to an activating group) is 1. The molecule has 25 heavy (non-hydrogen) atoms. The molecule has 1 aliphatic heterocycles. The minimum absolute atomic E-state index is 0.136. The van der Waals surface area contributed by atoms with Gasteiger partial charge in [0.05, 0.1) is 18.7 Å². The Bertz CT molecular complexity index is 873. The van der Waals surface area contributed by atoms with Crippen LogP contribution in [-0.4, -0.2) is 35.9 Å². The number of carbonyl (C=O) groups excluding carboxylic acids is 2. The number of aliphatic hydroxyl groups excluding tert-OH is 1. The second-order valence-electron chi connectivity index (χ2n) is 5.66. The first kappa shape index (κ1) is 16.7. The molecule has 128 valence electrons. The average Bonchev–Trinajstić information content (AvgIpc) is 2.86. The molecule has 0 spiro atoms. The minimum atomic E-state index is -0.983. The van der Waals surface area contributed by atoms with Crippen LogP contribution in [0.5, 0.6) is 5.75 Å². The molecule has 3 rings (SSSR count). The highest BCUT2D eigenvalue weighted by Crippen LogP contribution is 2.39. The Morgan fingerprint density at radius 1 is 1.12 bits per heavy atom. The number of Topliss-reactive ketones (excluding diaryl/α,β-unsaturated/α-hetero) is 1. The summed E-state index contributed by atoms with van der Waals surface area (Å²) in [7, 11) is 2.92. The maximum atomic E-state index is 14.2. The lowest BCUT2D eigenvalue weighted by Crippen LogP contribution is -2.25. The van der Waals surface area contributed by atoms with Crippen molar-refractivity contribution in [1.82, 2.24) is 4.90 Å². The number of carbonyl (C=O) groups is 2. The van der Waals surface area contributed by atoms with Crippen LogP contribution in [0, 0.1) is 5.82 Å². The van der Waals surface area contributed by atoms with Gasteiger partial charge in [0.25, 0.3) is 11.7 Å². The van der Waals surface area contributed by atoms with Crippen molar-refractivity contribution in [2.45, 2.75) is 6.04 Å². The van der Waals surface area contributed by atoms with Gasteiger partial charge in [0, 0.05) is 18.2 Å². The first-order valence-electron chi connectivity index (χ1n) is 7.59. The predicted octanol–water partition coefficient (Wildman–Crippen LogP) is 2.89. The van der Waals surface area contributed by atoms with Gasteiger partial charge >= 0.3 is 0 Å². The van der Waals surface area contributed by atoms with Gasteiger partial charge in [-0.1, -0.05) is 18.2 Å². The summed E-state index contributed by atoms with van der Waals surface area (Å²) in [5.74, 6) is -1.95. The average molecular weight is 341 g/mol. The van der Waals surface area contributed by atoms with E-state index >= 15 is 0 Å². The van der Waals surface area contributed by atoms with Crippen LogP contribution in [-0.2, 0) is 9.59 Å². The Kier molecular flexibility index (Phi) is 4.27. The molecule has 1 aliphatic rings. The van der Waals surface area contributed by atoms with Crippen LogP contribution >= 0.6 is 0 Å². The summed E-state index contributed by atoms with van der Waals surface area (Å²) >= 11 is 0. The molecule has 1 N–H and O–H groups in total. The Hall–Kier alpha value is -3.15. The van der Waals surface area contributed by atoms with E-state index in [4.69, 9.17) is 4.74 Å². The van der Waals surface area contributed by atoms with Crippen molar-refractivity contribution < 1.29 is 23.8 Å². The molecule has 0 bridgehead atoms. The highest BCUT2D eigenvalue weighted by molar-refractivity contribution is 6.46. The highest BCUT2D eigenvalue weighted by Gasteiger charge is 2.45. The molecule has 1 amide bonds. The SMILES string of the molecule is COc1ccc(/C(O)=C2\C(=O)C(=O)N(C)C2c2ccccc2F)cc1. The van der Waals surface area contributed by atoms with Crippen molar-refractivity contribution in [2.24, 2.45) is 0 Å². The number of benzene rings is 2. The summed E-state index contributed by atoms with van der Waals surface area (Å²) < 4.78 is 19.3. The predicted molar refractivity (Wildman–Crippen MR) is 89.5 cm³/mol. The summed E-state index contributed by atoms with van der Waals surface area (Å²) in [6.07, 6.45) is 0. The molecule has 0 saturated carbocycles. The Morgan fingerprint density at radius 3 is 2.36 bits per heavy atom. The Morgan fingerprint density at radius 2 is 1.76 bits per heavy atom. The van der Waals surface area contributed by atoms with Crippen molar-refractivity contribution in [3.63, 3.8) is 0 Å². The first-order chi connectivity index (χ1) is 12.0. The van der Waals surface area contributed by atoms with Gasteiger partial charge in [0.1, 0.15) is 17.3 Å². The highest BCUT2D eigenvalue weighted by atomic mass is 19.1. The fourth-order valence-corrected chi connectivity index (χ4v) is 2.91. The van der Waals surface area contributed by atoms with Gasteiger partial charge in [-0.2, -0.15) is 0 Å². The number of nitrogens with zero attached hydrogens (tertiary/aromatic N) is 1. The molecule has 0 aliphatic carbocycles. The number of hydrogen-bond acceptors (Lipinski definition) is 4. The molecule has 6 heteroatoms. The standard InChI is InChI=1S/C19H16FNO4/c1-21-16(13-5-3-4-6-14(13)20)15(18(23)19(21)24)17(22)11-7-9-12(25-2)10-8-11/h3-10,16,22H,1-2H3/b17-15+. The Balaban J connectivity index is 2.17. The summed E-state index contributed by atoms with van der Waals surface area (Å²) in [5.41, 5.74) is 0.357. The van der Waals surface area contributed by atoms with Crippen LogP contribution < -0.4 is 4.74 Å². The molecule has 1 atom stereocenters.